The van der Waals surface area contributed by atoms with E-state index in [4.69, 9.17) is 0 Å². The lowest BCUT2D eigenvalue weighted by Crippen LogP contribution is -2.33. The first-order valence-corrected chi connectivity index (χ1v) is 8.30. The summed E-state index contributed by atoms with van der Waals surface area (Å²) in [6, 6.07) is 8.96. The molecule has 3 rings (SSSR count). The topological polar surface area (TPSA) is 32.3 Å². The summed E-state index contributed by atoms with van der Waals surface area (Å²) in [5, 5.41) is 3.69. The Hall–Kier alpha value is -1.51. The predicted octanol–water partition coefficient (Wildman–Crippen LogP) is 4.05. The maximum absolute atomic E-state index is 11.8. The first-order chi connectivity index (χ1) is 10.1. The maximum atomic E-state index is 11.8. The van der Waals surface area contributed by atoms with Crippen molar-refractivity contribution in [2.75, 3.05) is 16.8 Å². The molecule has 3 nitrogen and oxygen atoms in total. The molecule has 3 unspecified atom stereocenters. The lowest BCUT2D eigenvalue weighted by Gasteiger charge is -2.34. The van der Waals surface area contributed by atoms with Crippen LogP contribution < -0.4 is 10.2 Å². The Labute approximate surface area is 127 Å². The third kappa shape index (κ3) is 3.22. The molecule has 0 radical (unpaired) electrons. The number of nitrogens with one attached hydrogen (secondary N) is 1. The summed E-state index contributed by atoms with van der Waals surface area (Å²) >= 11 is 0. The van der Waals surface area contributed by atoms with Crippen molar-refractivity contribution >= 4 is 17.3 Å². The zero-order valence-corrected chi connectivity index (χ0v) is 13.1. The van der Waals surface area contributed by atoms with E-state index in [2.05, 4.69) is 43.4 Å². The minimum atomic E-state index is 0.255. The van der Waals surface area contributed by atoms with Crippen molar-refractivity contribution in [3.63, 3.8) is 0 Å². The van der Waals surface area contributed by atoms with E-state index in [0.29, 0.717) is 12.5 Å². The zero-order chi connectivity index (χ0) is 14.8. The molecule has 2 fully saturated rings. The number of amides is 1. The summed E-state index contributed by atoms with van der Waals surface area (Å²) in [7, 11) is 0. The van der Waals surface area contributed by atoms with Crippen LogP contribution in [0.3, 0.4) is 0 Å². The normalized spacial score (nSPS) is 29.7. The smallest absolute Gasteiger partial charge is 0.227 e. The van der Waals surface area contributed by atoms with Crippen LogP contribution in [0.25, 0.3) is 0 Å². The highest BCUT2D eigenvalue weighted by molar-refractivity contribution is 5.95. The monoisotopic (exact) mass is 286 g/mol. The number of hydrogen-bond acceptors (Lipinski definition) is 2. The Balaban J connectivity index is 1.65. The van der Waals surface area contributed by atoms with Gasteiger partial charge in [0.05, 0.1) is 0 Å². The largest absolute Gasteiger partial charge is 0.382 e. The summed E-state index contributed by atoms with van der Waals surface area (Å²) in [4.78, 5) is 13.7. The lowest BCUT2D eigenvalue weighted by molar-refractivity contribution is -0.117. The van der Waals surface area contributed by atoms with Gasteiger partial charge in [0.1, 0.15) is 0 Å². The fourth-order valence-electron chi connectivity index (χ4n) is 3.61. The third-order valence-corrected chi connectivity index (χ3v) is 5.06. The van der Waals surface area contributed by atoms with Gasteiger partial charge in [-0.3, -0.25) is 4.79 Å². The van der Waals surface area contributed by atoms with Crippen LogP contribution in [0.2, 0.25) is 0 Å². The highest BCUT2D eigenvalue weighted by atomic mass is 16.2. The van der Waals surface area contributed by atoms with Crippen LogP contribution in [0, 0.1) is 11.8 Å². The van der Waals surface area contributed by atoms with Gasteiger partial charge in [-0.15, -0.1) is 0 Å². The molecule has 1 N–H and O–H groups in total. The van der Waals surface area contributed by atoms with Crippen molar-refractivity contribution in [3.8, 4) is 0 Å². The molecular weight excluding hydrogens is 260 g/mol. The minimum absolute atomic E-state index is 0.255. The second kappa shape index (κ2) is 6.08. The van der Waals surface area contributed by atoms with Crippen LogP contribution >= 0.6 is 0 Å². The average Bonchev–Trinajstić information content (AvgIpc) is 2.90. The van der Waals surface area contributed by atoms with Gasteiger partial charge in [0.2, 0.25) is 5.91 Å². The van der Waals surface area contributed by atoms with E-state index < -0.39 is 0 Å². The van der Waals surface area contributed by atoms with Crippen molar-refractivity contribution in [1.82, 2.24) is 0 Å². The minimum Gasteiger partial charge on any atom is -0.382 e. The molecule has 1 heterocycles. The zero-order valence-electron chi connectivity index (χ0n) is 13.1. The molecule has 3 heteroatoms. The van der Waals surface area contributed by atoms with Crippen LogP contribution in [0.4, 0.5) is 11.4 Å². The Morgan fingerprint density at radius 1 is 1.14 bits per heavy atom. The molecule has 0 bridgehead atoms. The van der Waals surface area contributed by atoms with Crippen molar-refractivity contribution in [2.45, 2.75) is 52.0 Å². The van der Waals surface area contributed by atoms with E-state index in [1.807, 2.05) is 4.90 Å². The Kier molecular flexibility index (Phi) is 4.18. The van der Waals surface area contributed by atoms with Crippen LogP contribution in [0.5, 0.6) is 0 Å². The molecule has 3 atom stereocenters. The molecular formula is C18H26N2O. The lowest BCUT2D eigenvalue weighted by atomic mass is 9.80. The van der Waals surface area contributed by atoms with Crippen LogP contribution in [0.1, 0.15) is 46.0 Å². The van der Waals surface area contributed by atoms with Gasteiger partial charge < -0.3 is 10.2 Å². The summed E-state index contributed by atoms with van der Waals surface area (Å²) in [6.07, 6.45) is 5.61. The van der Waals surface area contributed by atoms with Crippen LogP contribution in [-0.4, -0.2) is 18.5 Å². The van der Waals surface area contributed by atoms with Gasteiger partial charge in [-0.2, -0.15) is 0 Å². The fourth-order valence-corrected chi connectivity index (χ4v) is 3.61. The molecule has 0 spiro atoms. The molecule has 21 heavy (non-hydrogen) atoms. The molecule has 1 aliphatic heterocycles. The van der Waals surface area contributed by atoms with E-state index in [0.717, 1.165) is 30.5 Å². The van der Waals surface area contributed by atoms with Crippen molar-refractivity contribution in [2.24, 2.45) is 11.8 Å². The number of rotatable bonds is 3. The highest BCUT2D eigenvalue weighted by Crippen LogP contribution is 2.31. The van der Waals surface area contributed by atoms with Gasteiger partial charge in [-0.25, -0.2) is 0 Å². The second-order valence-electron chi connectivity index (χ2n) is 6.84. The first kappa shape index (κ1) is 14.4. The number of benzene rings is 1. The van der Waals surface area contributed by atoms with Crippen LogP contribution in [0.15, 0.2) is 24.3 Å². The van der Waals surface area contributed by atoms with Gasteiger partial charge in [0.25, 0.3) is 0 Å². The highest BCUT2D eigenvalue weighted by Gasteiger charge is 2.25. The predicted molar refractivity (Wildman–Crippen MR) is 87.6 cm³/mol. The fraction of sp³-hybridized carbons (Fsp3) is 0.611. The van der Waals surface area contributed by atoms with Gasteiger partial charge in [-0.05, 0) is 55.4 Å². The molecule has 114 valence electrons. The van der Waals surface area contributed by atoms with Gasteiger partial charge in [0, 0.05) is 30.4 Å². The van der Waals surface area contributed by atoms with Gasteiger partial charge in [-0.1, -0.05) is 20.3 Å². The Bertz CT molecular complexity index is 496. The number of carbonyl (C=O) groups excluding carboxylic acids is 1. The van der Waals surface area contributed by atoms with Gasteiger partial charge >= 0.3 is 0 Å². The summed E-state index contributed by atoms with van der Waals surface area (Å²) in [5.74, 6) is 1.81. The van der Waals surface area contributed by atoms with E-state index in [9.17, 15) is 4.79 Å². The van der Waals surface area contributed by atoms with E-state index in [1.165, 1.54) is 24.9 Å². The van der Waals surface area contributed by atoms with Gasteiger partial charge in [0.15, 0.2) is 0 Å². The SMILES string of the molecule is CC1CCC(C)C(Nc2ccc(N3CCCC3=O)cc2)C1. The number of hydrogen-bond donors (Lipinski definition) is 1. The summed E-state index contributed by atoms with van der Waals surface area (Å²) in [5.41, 5.74) is 2.21. The number of nitrogens with zero attached hydrogens (tertiary/aromatic N) is 1. The molecule has 1 saturated carbocycles. The van der Waals surface area contributed by atoms with E-state index in [-0.39, 0.29) is 5.91 Å². The molecule has 1 aromatic rings. The van der Waals surface area contributed by atoms with Crippen molar-refractivity contribution in [3.05, 3.63) is 24.3 Å². The average molecular weight is 286 g/mol. The van der Waals surface area contributed by atoms with E-state index in [1.54, 1.807) is 0 Å². The maximum Gasteiger partial charge on any atom is 0.227 e. The van der Waals surface area contributed by atoms with Crippen molar-refractivity contribution in [1.29, 1.82) is 0 Å². The quantitative estimate of drug-likeness (QED) is 0.909. The van der Waals surface area contributed by atoms with Crippen LogP contribution in [-0.2, 0) is 4.79 Å². The second-order valence-corrected chi connectivity index (χ2v) is 6.84. The molecule has 0 aromatic heterocycles. The van der Waals surface area contributed by atoms with Crippen molar-refractivity contribution < 1.29 is 4.79 Å². The Morgan fingerprint density at radius 3 is 2.57 bits per heavy atom. The number of carbonyl (C=O) groups is 1. The molecule has 2 aliphatic rings. The molecule has 1 aliphatic carbocycles. The molecule has 1 amide bonds. The summed E-state index contributed by atoms with van der Waals surface area (Å²) in [6.45, 7) is 5.56. The van der Waals surface area contributed by atoms with E-state index >= 15 is 0 Å². The number of anilines is 2. The molecule has 1 aromatic carbocycles. The first-order valence-electron chi connectivity index (χ1n) is 8.30. The Morgan fingerprint density at radius 2 is 1.90 bits per heavy atom. The summed E-state index contributed by atoms with van der Waals surface area (Å²) < 4.78 is 0. The standard InChI is InChI=1S/C18H26N2O/c1-13-5-6-14(2)17(12-13)19-15-7-9-16(10-8-15)20-11-3-4-18(20)21/h7-10,13-14,17,19H,3-6,11-12H2,1-2H3. The third-order valence-electron chi connectivity index (χ3n) is 5.06. The molecule has 1 saturated heterocycles.